The van der Waals surface area contributed by atoms with Gasteiger partial charge in [-0.2, -0.15) is 0 Å². The van der Waals surface area contributed by atoms with Gasteiger partial charge in [0.2, 0.25) is 0 Å². The van der Waals surface area contributed by atoms with Gasteiger partial charge in [-0.25, -0.2) is 0 Å². The molecule has 0 fully saturated rings. The molecule has 0 atom stereocenters. The lowest BCUT2D eigenvalue weighted by atomic mass is 9.80. The second kappa shape index (κ2) is 9.08. The second-order valence-electron chi connectivity index (χ2n) is 10.1. The lowest BCUT2D eigenvalue weighted by Crippen LogP contribution is -2.29. The highest BCUT2D eigenvalue weighted by atomic mass is 16.4. The van der Waals surface area contributed by atoms with Crippen LogP contribution in [0.3, 0.4) is 0 Å². The zero-order chi connectivity index (χ0) is 25.6. The van der Waals surface area contributed by atoms with Crippen LogP contribution in [0.2, 0.25) is 0 Å². The fourth-order valence-corrected chi connectivity index (χ4v) is 5.58. The normalized spacial score (nSPS) is 13.1. The van der Waals surface area contributed by atoms with E-state index in [1.54, 1.807) is 12.1 Å². The summed E-state index contributed by atoms with van der Waals surface area (Å²) >= 11 is 0. The molecule has 0 bridgehead atoms. The molecule has 2 N–H and O–H groups in total. The summed E-state index contributed by atoms with van der Waals surface area (Å²) in [6.07, 6.45) is 0. The maximum absolute atomic E-state index is 9.67. The molecule has 180 valence electrons. The van der Waals surface area contributed by atoms with Crippen molar-refractivity contribution in [2.45, 2.75) is 19.3 Å². The average molecular weight is 481 g/mol. The van der Waals surface area contributed by atoms with E-state index in [4.69, 9.17) is 0 Å². The fraction of sp³-hybridized carbons (Fsp3) is 0.0909. The minimum Gasteiger partial charge on any atom is -0.423 e. The summed E-state index contributed by atoms with van der Waals surface area (Å²) < 4.78 is 0. The SMILES string of the molecule is CC1(C)c2ccccc2-c2ccc(N(c3ccc(B(O)O)cc3)c3ccccc3-c3ccccc3)cc21. The third kappa shape index (κ3) is 3.95. The largest absolute Gasteiger partial charge is 0.488 e. The topological polar surface area (TPSA) is 43.7 Å². The molecule has 0 amide bonds. The summed E-state index contributed by atoms with van der Waals surface area (Å²) in [5.74, 6) is 0. The highest BCUT2D eigenvalue weighted by Gasteiger charge is 2.35. The van der Waals surface area contributed by atoms with Gasteiger partial charge in [-0.3, -0.25) is 0 Å². The number of hydrogen-bond donors (Lipinski definition) is 2. The molecule has 0 radical (unpaired) electrons. The van der Waals surface area contributed by atoms with Crippen LogP contribution in [-0.2, 0) is 5.41 Å². The zero-order valence-electron chi connectivity index (χ0n) is 21.0. The first-order valence-corrected chi connectivity index (χ1v) is 12.6. The molecule has 0 saturated carbocycles. The number of rotatable bonds is 5. The molecule has 0 saturated heterocycles. The Hall–Kier alpha value is -4.12. The van der Waals surface area contributed by atoms with E-state index in [1.165, 1.54) is 22.3 Å². The minimum absolute atomic E-state index is 0.114. The van der Waals surface area contributed by atoms with E-state index in [9.17, 15) is 10.0 Å². The fourth-order valence-electron chi connectivity index (χ4n) is 5.58. The molecular formula is C33H28BNO2. The van der Waals surface area contributed by atoms with E-state index in [-0.39, 0.29) is 5.41 Å². The van der Waals surface area contributed by atoms with Gasteiger partial charge in [0.1, 0.15) is 0 Å². The van der Waals surface area contributed by atoms with Gasteiger partial charge in [0.15, 0.2) is 0 Å². The molecule has 3 nitrogen and oxygen atoms in total. The van der Waals surface area contributed by atoms with Crippen LogP contribution in [0.25, 0.3) is 22.3 Å². The van der Waals surface area contributed by atoms with Crippen molar-refractivity contribution in [3.05, 3.63) is 132 Å². The number of anilines is 3. The number of hydrogen-bond acceptors (Lipinski definition) is 3. The van der Waals surface area contributed by atoms with Crippen molar-refractivity contribution in [3.8, 4) is 22.3 Å². The number of nitrogens with zero attached hydrogens (tertiary/aromatic N) is 1. The average Bonchev–Trinajstić information content (AvgIpc) is 3.16. The van der Waals surface area contributed by atoms with Crippen LogP contribution >= 0.6 is 0 Å². The standard InChI is InChI=1S/C33H28BNO2/c1-33(2)30-14-8-6-13-28(30)29-21-20-26(22-31(29)33)35(25-18-16-24(17-19-25)34(36)37)32-15-9-7-12-27(32)23-10-4-3-5-11-23/h3-22,36-37H,1-2H3. The van der Waals surface area contributed by atoms with E-state index < -0.39 is 7.12 Å². The van der Waals surface area contributed by atoms with Gasteiger partial charge < -0.3 is 14.9 Å². The predicted octanol–water partition coefficient (Wildman–Crippen LogP) is 6.81. The van der Waals surface area contributed by atoms with Gasteiger partial charge in [-0.1, -0.05) is 105 Å². The van der Waals surface area contributed by atoms with Crippen LogP contribution in [-0.4, -0.2) is 17.2 Å². The van der Waals surface area contributed by atoms with Crippen LogP contribution < -0.4 is 10.4 Å². The molecule has 0 spiro atoms. The van der Waals surface area contributed by atoms with E-state index in [1.807, 2.05) is 18.2 Å². The van der Waals surface area contributed by atoms with E-state index in [0.29, 0.717) is 5.46 Å². The molecule has 1 aliphatic carbocycles. The van der Waals surface area contributed by atoms with Crippen LogP contribution in [0, 0.1) is 0 Å². The van der Waals surface area contributed by atoms with Gasteiger partial charge in [0.05, 0.1) is 5.69 Å². The smallest absolute Gasteiger partial charge is 0.423 e. The quantitative estimate of drug-likeness (QED) is 0.271. The van der Waals surface area contributed by atoms with Crippen molar-refractivity contribution >= 4 is 29.6 Å². The molecule has 0 aromatic heterocycles. The summed E-state index contributed by atoms with van der Waals surface area (Å²) in [7, 11) is -1.50. The monoisotopic (exact) mass is 481 g/mol. The summed E-state index contributed by atoms with van der Waals surface area (Å²) in [5, 5.41) is 19.3. The third-order valence-corrected chi connectivity index (χ3v) is 7.50. The maximum Gasteiger partial charge on any atom is 0.488 e. The van der Waals surface area contributed by atoms with Crippen molar-refractivity contribution in [1.82, 2.24) is 0 Å². The van der Waals surface area contributed by atoms with Gasteiger partial charge in [-0.15, -0.1) is 0 Å². The Bertz CT molecular complexity index is 1580. The van der Waals surface area contributed by atoms with Crippen LogP contribution in [0.1, 0.15) is 25.0 Å². The molecule has 4 heteroatoms. The van der Waals surface area contributed by atoms with Gasteiger partial charge in [0, 0.05) is 22.4 Å². The van der Waals surface area contributed by atoms with Gasteiger partial charge in [-0.05, 0) is 63.6 Å². The summed E-state index contributed by atoms with van der Waals surface area (Å²) in [6.45, 7) is 4.59. The van der Waals surface area contributed by atoms with Crippen molar-refractivity contribution in [2.75, 3.05) is 4.90 Å². The zero-order valence-corrected chi connectivity index (χ0v) is 21.0. The molecular weight excluding hydrogens is 453 g/mol. The van der Waals surface area contributed by atoms with Crippen LogP contribution in [0.15, 0.2) is 121 Å². The highest BCUT2D eigenvalue weighted by Crippen LogP contribution is 2.51. The molecule has 0 aliphatic heterocycles. The Morgan fingerprint density at radius 3 is 1.89 bits per heavy atom. The lowest BCUT2D eigenvalue weighted by Gasteiger charge is -2.30. The molecule has 1 aliphatic rings. The molecule has 0 heterocycles. The van der Waals surface area contributed by atoms with Crippen molar-refractivity contribution in [1.29, 1.82) is 0 Å². The van der Waals surface area contributed by atoms with E-state index in [2.05, 4.69) is 110 Å². The number of fused-ring (bicyclic) bond motifs is 3. The van der Waals surface area contributed by atoms with Crippen LogP contribution in [0.4, 0.5) is 17.1 Å². The van der Waals surface area contributed by atoms with Crippen molar-refractivity contribution in [3.63, 3.8) is 0 Å². The van der Waals surface area contributed by atoms with Gasteiger partial charge in [0.25, 0.3) is 0 Å². The molecule has 6 rings (SSSR count). The minimum atomic E-state index is -1.50. The highest BCUT2D eigenvalue weighted by molar-refractivity contribution is 6.58. The van der Waals surface area contributed by atoms with Crippen molar-refractivity contribution < 1.29 is 10.0 Å². The Labute approximate surface area is 218 Å². The summed E-state index contributed by atoms with van der Waals surface area (Å²) in [6, 6.07) is 41.7. The molecule has 0 unspecified atom stereocenters. The van der Waals surface area contributed by atoms with Gasteiger partial charge >= 0.3 is 7.12 Å². The summed E-state index contributed by atoms with van der Waals surface area (Å²) in [4.78, 5) is 2.26. The number of benzene rings is 5. The first kappa shape index (κ1) is 23.3. The first-order chi connectivity index (χ1) is 17.9. The van der Waals surface area contributed by atoms with E-state index in [0.717, 1.165) is 28.2 Å². The number of para-hydroxylation sites is 1. The molecule has 5 aromatic carbocycles. The Balaban J connectivity index is 1.56. The summed E-state index contributed by atoms with van der Waals surface area (Å²) in [5.41, 5.74) is 10.9. The molecule has 5 aromatic rings. The first-order valence-electron chi connectivity index (χ1n) is 12.6. The lowest BCUT2D eigenvalue weighted by molar-refractivity contribution is 0.426. The molecule has 37 heavy (non-hydrogen) atoms. The van der Waals surface area contributed by atoms with Crippen LogP contribution in [0.5, 0.6) is 0 Å². The Morgan fingerprint density at radius 2 is 1.16 bits per heavy atom. The maximum atomic E-state index is 9.67. The van der Waals surface area contributed by atoms with Crippen molar-refractivity contribution in [2.24, 2.45) is 0 Å². The third-order valence-electron chi connectivity index (χ3n) is 7.50. The van der Waals surface area contributed by atoms with E-state index >= 15 is 0 Å². The Morgan fingerprint density at radius 1 is 0.568 bits per heavy atom. The predicted molar refractivity (Wildman–Crippen MR) is 154 cm³/mol. The Kier molecular flexibility index (Phi) is 5.71. The second-order valence-corrected chi connectivity index (χ2v) is 10.1.